The molecule has 1 unspecified atom stereocenters. The third-order valence-corrected chi connectivity index (χ3v) is 4.67. The van der Waals surface area contributed by atoms with Crippen molar-refractivity contribution in [2.75, 3.05) is 7.05 Å². The summed E-state index contributed by atoms with van der Waals surface area (Å²) < 4.78 is 28.2. The van der Waals surface area contributed by atoms with Crippen molar-refractivity contribution in [3.8, 4) is 0 Å². The zero-order valence-corrected chi connectivity index (χ0v) is 14.7. The van der Waals surface area contributed by atoms with Crippen LogP contribution in [-0.2, 0) is 11.3 Å². The molecule has 0 aliphatic carbocycles. The minimum Gasteiger partial charge on any atom is -0.338 e. The quantitative estimate of drug-likeness (QED) is 0.501. The Labute approximate surface area is 153 Å². The van der Waals surface area contributed by atoms with Crippen LogP contribution in [0, 0.1) is 21.7 Å². The average molecular weight is 373 g/mol. The molecule has 0 fully saturated rings. The molecular weight excluding hydrogens is 356 g/mol. The number of halogens is 2. The summed E-state index contributed by atoms with van der Waals surface area (Å²) in [6.45, 7) is 1.74. The zero-order chi connectivity index (χ0) is 19.7. The first kappa shape index (κ1) is 18.5. The van der Waals surface area contributed by atoms with E-state index in [9.17, 15) is 23.7 Å². The number of likely N-dealkylation sites (N-methyl/N-ethyl adjacent to an activating group) is 1. The van der Waals surface area contributed by atoms with Gasteiger partial charge in [-0.2, -0.15) is 0 Å². The van der Waals surface area contributed by atoms with E-state index < -0.39 is 22.6 Å². The highest BCUT2D eigenvalue weighted by atomic mass is 19.2. The Morgan fingerprint density at radius 2 is 1.93 bits per heavy atom. The Balaban J connectivity index is 1.79. The Kier molecular flexibility index (Phi) is 4.89. The largest absolute Gasteiger partial charge is 0.338 e. The van der Waals surface area contributed by atoms with Gasteiger partial charge in [0.15, 0.2) is 11.6 Å². The van der Waals surface area contributed by atoms with E-state index in [1.54, 1.807) is 36.9 Å². The van der Waals surface area contributed by atoms with Gasteiger partial charge in [0.2, 0.25) is 5.91 Å². The molecule has 1 aromatic heterocycles. The highest BCUT2D eigenvalue weighted by molar-refractivity contribution is 5.85. The van der Waals surface area contributed by atoms with Gasteiger partial charge in [-0.3, -0.25) is 14.9 Å². The normalized spacial score (nSPS) is 12.1. The second-order valence-corrected chi connectivity index (χ2v) is 6.30. The van der Waals surface area contributed by atoms with E-state index in [4.69, 9.17) is 0 Å². The molecule has 0 bridgehead atoms. The molecule has 1 amide bonds. The molecule has 3 aromatic rings. The molecule has 1 atom stereocenters. The van der Waals surface area contributed by atoms with Crippen LogP contribution in [0.5, 0.6) is 0 Å². The molecule has 27 heavy (non-hydrogen) atoms. The number of carbonyl (C=O) groups excluding carboxylic acids is 1. The molecule has 0 saturated carbocycles. The lowest BCUT2D eigenvalue weighted by molar-refractivity contribution is -0.384. The van der Waals surface area contributed by atoms with Gasteiger partial charge in [-0.15, -0.1) is 0 Å². The highest BCUT2D eigenvalue weighted by Crippen LogP contribution is 2.24. The maximum absolute atomic E-state index is 13.4. The summed E-state index contributed by atoms with van der Waals surface area (Å²) in [4.78, 5) is 24.5. The van der Waals surface area contributed by atoms with Gasteiger partial charge in [0.05, 0.1) is 11.0 Å². The van der Waals surface area contributed by atoms with Crippen LogP contribution in [0.15, 0.2) is 48.7 Å². The average Bonchev–Trinajstić information content (AvgIpc) is 3.04. The van der Waals surface area contributed by atoms with Crippen LogP contribution >= 0.6 is 0 Å². The van der Waals surface area contributed by atoms with E-state index in [2.05, 4.69) is 0 Å². The van der Waals surface area contributed by atoms with Crippen LogP contribution in [0.3, 0.4) is 0 Å². The van der Waals surface area contributed by atoms with Gasteiger partial charge in [0.1, 0.15) is 6.54 Å². The van der Waals surface area contributed by atoms with E-state index >= 15 is 0 Å². The number of nitro groups is 1. The van der Waals surface area contributed by atoms with Crippen molar-refractivity contribution in [1.82, 2.24) is 9.47 Å². The van der Waals surface area contributed by atoms with Crippen LogP contribution in [0.4, 0.5) is 14.5 Å². The molecule has 0 saturated heterocycles. The molecule has 8 heteroatoms. The standard InChI is InChI=1S/C19H17F2N3O3/c1-12(13-3-5-16(20)17(21)10-13)22(2)19(25)11-23-8-7-14-9-15(24(26)27)4-6-18(14)23/h3-10,12H,11H2,1-2H3. The highest BCUT2D eigenvalue weighted by Gasteiger charge is 2.20. The summed E-state index contributed by atoms with van der Waals surface area (Å²) in [5.41, 5.74) is 1.16. The molecule has 3 rings (SSSR count). The van der Waals surface area contributed by atoms with E-state index in [0.717, 1.165) is 12.1 Å². The van der Waals surface area contributed by atoms with Crippen molar-refractivity contribution in [1.29, 1.82) is 0 Å². The number of fused-ring (bicyclic) bond motifs is 1. The fraction of sp³-hybridized carbons (Fsp3) is 0.211. The van der Waals surface area contributed by atoms with Gasteiger partial charge in [0, 0.05) is 36.3 Å². The zero-order valence-electron chi connectivity index (χ0n) is 14.7. The Bertz CT molecular complexity index is 1030. The van der Waals surface area contributed by atoms with E-state index in [1.165, 1.54) is 23.1 Å². The summed E-state index contributed by atoms with van der Waals surface area (Å²) in [5, 5.41) is 11.5. The van der Waals surface area contributed by atoms with Crippen molar-refractivity contribution >= 4 is 22.5 Å². The van der Waals surface area contributed by atoms with Crippen molar-refractivity contribution in [2.45, 2.75) is 19.5 Å². The number of amides is 1. The maximum Gasteiger partial charge on any atom is 0.270 e. The summed E-state index contributed by atoms with van der Waals surface area (Å²) in [5.74, 6) is -2.13. The van der Waals surface area contributed by atoms with Crippen molar-refractivity contribution < 1.29 is 18.5 Å². The fourth-order valence-electron chi connectivity index (χ4n) is 2.91. The lowest BCUT2D eigenvalue weighted by Gasteiger charge is -2.26. The molecule has 0 aliphatic heterocycles. The Hall–Kier alpha value is -3.29. The van der Waals surface area contributed by atoms with Gasteiger partial charge < -0.3 is 9.47 Å². The van der Waals surface area contributed by atoms with Gasteiger partial charge in [-0.05, 0) is 36.8 Å². The van der Waals surface area contributed by atoms with Crippen LogP contribution in [0.1, 0.15) is 18.5 Å². The van der Waals surface area contributed by atoms with E-state index in [1.807, 2.05) is 0 Å². The van der Waals surface area contributed by atoms with Gasteiger partial charge >= 0.3 is 0 Å². The molecule has 140 valence electrons. The van der Waals surface area contributed by atoms with Crippen molar-refractivity contribution in [2.24, 2.45) is 0 Å². The second-order valence-electron chi connectivity index (χ2n) is 6.30. The number of nitrogens with zero attached hydrogens (tertiary/aromatic N) is 3. The second kappa shape index (κ2) is 7.14. The predicted molar refractivity (Wildman–Crippen MR) is 96.1 cm³/mol. The van der Waals surface area contributed by atoms with E-state index in [-0.39, 0.29) is 18.1 Å². The Morgan fingerprint density at radius 1 is 1.19 bits per heavy atom. The SMILES string of the molecule is CC(c1ccc(F)c(F)c1)N(C)C(=O)Cn1ccc2cc([N+](=O)[O-])ccc21. The van der Waals surface area contributed by atoms with E-state index in [0.29, 0.717) is 16.5 Å². The molecule has 0 N–H and O–H groups in total. The number of carbonyl (C=O) groups is 1. The lowest BCUT2D eigenvalue weighted by atomic mass is 10.1. The fourth-order valence-corrected chi connectivity index (χ4v) is 2.91. The maximum atomic E-state index is 13.4. The van der Waals surface area contributed by atoms with Gasteiger partial charge in [0.25, 0.3) is 5.69 Å². The molecule has 0 radical (unpaired) electrons. The van der Waals surface area contributed by atoms with Crippen LogP contribution in [-0.4, -0.2) is 27.3 Å². The summed E-state index contributed by atoms with van der Waals surface area (Å²) in [7, 11) is 1.59. The number of hydrogen-bond donors (Lipinski definition) is 0. The summed E-state index contributed by atoms with van der Waals surface area (Å²) >= 11 is 0. The van der Waals surface area contributed by atoms with Crippen molar-refractivity contribution in [3.05, 3.63) is 76.0 Å². The number of nitro benzene ring substituents is 1. The molecule has 0 spiro atoms. The van der Waals surface area contributed by atoms with Crippen LogP contribution in [0.25, 0.3) is 10.9 Å². The monoisotopic (exact) mass is 373 g/mol. The molecular formula is C19H17F2N3O3. The third-order valence-electron chi connectivity index (χ3n) is 4.67. The first-order valence-corrected chi connectivity index (χ1v) is 8.22. The minimum absolute atomic E-state index is 0.0179. The van der Waals surface area contributed by atoms with Gasteiger partial charge in [-0.1, -0.05) is 6.07 Å². The Morgan fingerprint density at radius 3 is 2.59 bits per heavy atom. The smallest absolute Gasteiger partial charge is 0.270 e. The van der Waals surface area contributed by atoms with Crippen molar-refractivity contribution in [3.63, 3.8) is 0 Å². The number of benzene rings is 2. The molecule has 6 nitrogen and oxygen atoms in total. The summed E-state index contributed by atoms with van der Waals surface area (Å²) in [6.07, 6.45) is 1.68. The van der Waals surface area contributed by atoms with Crippen LogP contribution < -0.4 is 0 Å². The number of non-ortho nitro benzene ring substituents is 1. The number of hydrogen-bond acceptors (Lipinski definition) is 3. The predicted octanol–water partition coefficient (Wildman–Crippen LogP) is 4.05. The lowest BCUT2D eigenvalue weighted by Crippen LogP contribution is -2.32. The molecule has 2 aromatic carbocycles. The number of rotatable bonds is 5. The molecule has 0 aliphatic rings. The summed E-state index contributed by atoms with van der Waals surface area (Å²) in [6, 6.07) is 9.24. The minimum atomic E-state index is -0.960. The molecule has 1 heterocycles. The first-order valence-electron chi connectivity index (χ1n) is 8.22. The number of aromatic nitrogens is 1. The third kappa shape index (κ3) is 3.64. The topological polar surface area (TPSA) is 68.4 Å². The first-order chi connectivity index (χ1) is 12.8. The van der Waals surface area contributed by atoms with Crippen LogP contribution in [0.2, 0.25) is 0 Å². The van der Waals surface area contributed by atoms with Gasteiger partial charge in [-0.25, -0.2) is 8.78 Å².